The number of aliphatic imine (C=N–C) groups is 1. The van der Waals surface area contributed by atoms with Gasteiger partial charge in [-0.1, -0.05) is 0 Å². The third-order valence-electron chi connectivity index (χ3n) is 1.42. The Morgan fingerprint density at radius 1 is 1.29 bits per heavy atom. The molecule has 0 aromatic carbocycles. The molecule has 0 saturated heterocycles. The number of hydrogen-bond donors (Lipinski definition) is 1. The Balaban J connectivity index is 3.66. The Hall–Kier alpha value is -0.321. The standard InChI is InChI=1S/C8H17N4SSe/c1-11(2)7(13)9-5-6-10-8(14)12(3)4/h5-6H2,1-4H3,(H,9,13). The first kappa shape index (κ1) is 13.7. The van der Waals surface area contributed by atoms with E-state index in [4.69, 9.17) is 12.2 Å². The van der Waals surface area contributed by atoms with Crippen molar-refractivity contribution in [1.29, 1.82) is 0 Å². The van der Waals surface area contributed by atoms with Gasteiger partial charge in [0.2, 0.25) is 0 Å². The van der Waals surface area contributed by atoms with Crippen molar-refractivity contribution in [2.45, 2.75) is 0 Å². The molecule has 0 unspecified atom stereocenters. The Morgan fingerprint density at radius 3 is 2.29 bits per heavy atom. The first-order valence-electron chi connectivity index (χ1n) is 4.29. The normalized spacial score (nSPS) is 11.0. The second-order valence-corrected chi connectivity index (χ2v) is 4.34. The molecule has 0 aliphatic carbocycles. The van der Waals surface area contributed by atoms with E-state index in [1.807, 2.05) is 38.0 Å². The van der Waals surface area contributed by atoms with Crippen LogP contribution < -0.4 is 5.32 Å². The van der Waals surface area contributed by atoms with E-state index in [1.165, 1.54) is 0 Å². The van der Waals surface area contributed by atoms with Gasteiger partial charge in [-0.15, -0.1) is 0 Å². The molecule has 0 rings (SSSR count). The third kappa shape index (κ3) is 6.18. The molecule has 0 aliphatic rings. The van der Waals surface area contributed by atoms with Crippen LogP contribution in [0.4, 0.5) is 0 Å². The molecule has 0 aliphatic heterocycles. The summed E-state index contributed by atoms with van der Waals surface area (Å²) in [5, 5.41) is 3.84. The van der Waals surface area contributed by atoms with E-state index >= 15 is 0 Å². The van der Waals surface area contributed by atoms with Crippen molar-refractivity contribution in [1.82, 2.24) is 15.1 Å². The number of rotatable bonds is 3. The second kappa shape index (κ2) is 7.04. The maximum absolute atomic E-state index is 5.06. The van der Waals surface area contributed by atoms with Crippen LogP contribution in [0.2, 0.25) is 0 Å². The molecule has 0 bridgehead atoms. The SMILES string of the molecule is CN(C)C(=S)NCCN=C([Se])N(C)C. The van der Waals surface area contributed by atoms with Gasteiger partial charge in [0.15, 0.2) is 0 Å². The average Bonchev–Trinajstić information content (AvgIpc) is 2.11. The van der Waals surface area contributed by atoms with Crippen LogP contribution in [0.1, 0.15) is 0 Å². The first-order valence-corrected chi connectivity index (χ1v) is 5.55. The van der Waals surface area contributed by atoms with Crippen LogP contribution in [0.15, 0.2) is 4.99 Å². The summed E-state index contributed by atoms with van der Waals surface area (Å²) in [6.45, 7) is 1.48. The molecule has 0 amide bonds. The van der Waals surface area contributed by atoms with E-state index in [1.54, 1.807) is 0 Å². The molecule has 14 heavy (non-hydrogen) atoms. The number of thiocarbonyl (C=S) groups is 1. The van der Waals surface area contributed by atoms with E-state index in [-0.39, 0.29) is 0 Å². The van der Waals surface area contributed by atoms with Gasteiger partial charge in [0.25, 0.3) is 0 Å². The van der Waals surface area contributed by atoms with Crippen LogP contribution in [0.5, 0.6) is 0 Å². The molecule has 0 aromatic rings. The van der Waals surface area contributed by atoms with Crippen LogP contribution in [0.25, 0.3) is 0 Å². The van der Waals surface area contributed by atoms with E-state index in [2.05, 4.69) is 26.3 Å². The van der Waals surface area contributed by atoms with Crippen molar-refractivity contribution in [2.75, 3.05) is 41.3 Å². The number of nitrogens with one attached hydrogen (secondary N) is 1. The minimum atomic E-state index is 0.717. The molecule has 0 saturated carbocycles. The van der Waals surface area contributed by atoms with E-state index in [0.29, 0.717) is 6.54 Å². The molecule has 1 radical (unpaired) electrons. The second-order valence-electron chi connectivity index (χ2n) is 3.19. The van der Waals surface area contributed by atoms with Crippen LogP contribution in [-0.4, -0.2) is 76.9 Å². The van der Waals surface area contributed by atoms with Crippen molar-refractivity contribution in [3.05, 3.63) is 0 Å². The predicted molar refractivity (Wildman–Crippen MR) is 66.0 cm³/mol. The molecule has 0 spiro atoms. The number of nitrogens with zero attached hydrogens (tertiary/aromatic N) is 3. The zero-order valence-corrected chi connectivity index (χ0v) is 11.6. The molecule has 0 fully saturated rings. The zero-order chi connectivity index (χ0) is 11.1. The van der Waals surface area contributed by atoms with E-state index in [0.717, 1.165) is 16.4 Å². The Kier molecular flexibility index (Phi) is 6.87. The summed E-state index contributed by atoms with van der Waals surface area (Å²) >= 11 is 7.95. The molecule has 0 heterocycles. The van der Waals surface area contributed by atoms with E-state index in [9.17, 15) is 0 Å². The van der Waals surface area contributed by atoms with Crippen molar-refractivity contribution in [2.24, 2.45) is 4.99 Å². The van der Waals surface area contributed by atoms with Gasteiger partial charge in [-0.05, 0) is 0 Å². The van der Waals surface area contributed by atoms with Crippen molar-refractivity contribution in [3.63, 3.8) is 0 Å². The van der Waals surface area contributed by atoms with Crippen LogP contribution in [0.3, 0.4) is 0 Å². The fourth-order valence-electron chi connectivity index (χ4n) is 0.614. The molecule has 1 N–H and O–H groups in total. The van der Waals surface area contributed by atoms with Gasteiger partial charge in [0.1, 0.15) is 0 Å². The van der Waals surface area contributed by atoms with Crippen LogP contribution in [-0.2, 0) is 0 Å². The molecule has 0 aromatic heterocycles. The first-order chi connectivity index (χ1) is 6.45. The minimum absolute atomic E-state index is 0.717. The maximum atomic E-state index is 5.06. The number of hydrogen-bond acceptors (Lipinski definition) is 2. The van der Waals surface area contributed by atoms with Gasteiger partial charge in [-0.25, -0.2) is 0 Å². The van der Waals surface area contributed by atoms with Gasteiger partial charge < -0.3 is 0 Å². The molecular weight excluding hydrogens is 263 g/mol. The van der Waals surface area contributed by atoms with Crippen LogP contribution in [0, 0.1) is 0 Å². The summed E-state index contributed by atoms with van der Waals surface area (Å²) in [4.78, 5) is 8.10. The van der Waals surface area contributed by atoms with Gasteiger partial charge in [-0.2, -0.15) is 0 Å². The quantitative estimate of drug-likeness (QED) is 0.248. The molecule has 81 valence electrons. The average molecular weight is 280 g/mol. The Bertz CT molecular complexity index is 215. The molecular formula is C8H17N4SSe. The molecule has 0 atom stereocenters. The monoisotopic (exact) mass is 281 g/mol. The van der Waals surface area contributed by atoms with Crippen molar-refractivity contribution >= 4 is 38.1 Å². The summed E-state index contributed by atoms with van der Waals surface area (Å²) in [6.07, 6.45) is 0. The third-order valence-corrected chi connectivity index (χ3v) is 2.97. The number of amidine groups is 1. The topological polar surface area (TPSA) is 30.9 Å². The summed E-state index contributed by atoms with van der Waals surface area (Å²) in [6, 6.07) is 0. The summed E-state index contributed by atoms with van der Waals surface area (Å²) in [5.41, 5.74) is 0. The molecule has 4 nitrogen and oxygen atoms in total. The van der Waals surface area contributed by atoms with Gasteiger partial charge in [-0.3, -0.25) is 0 Å². The predicted octanol–water partition coefficient (Wildman–Crippen LogP) is -0.491. The Labute approximate surface area is 99.6 Å². The summed E-state index contributed by atoms with van der Waals surface area (Å²) in [7, 11) is 7.73. The van der Waals surface area contributed by atoms with Crippen molar-refractivity contribution < 1.29 is 0 Å². The van der Waals surface area contributed by atoms with Crippen LogP contribution >= 0.6 is 12.2 Å². The Morgan fingerprint density at radius 2 is 1.86 bits per heavy atom. The van der Waals surface area contributed by atoms with Gasteiger partial charge in [0.05, 0.1) is 0 Å². The van der Waals surface area contributed by atoms with Gasteiger partial charge >= 0.3 is 99.5 Å². The zero-order valence-electron chi connectivity index (χ0n) is 9.07. The molecule has 6 heteroatoms. The fourth-order valence-corrected chi connectivity index (χ4v) is 0.908. The van der Waals surface area contributed by atoms with E-state index < -0.39 is 0 Å². The fraction of sp³-hybridized carbons (Fsp3) is 0.750. The van der Waals surface area contributed by atoms with Crippen molar-refractivity contribution in [3.8, 4) is 0 Å². The summed E-state index contributed by atoms with van der Waals surface area (Å²) in [5.74, 6) is 0. The summed E-state index contributed by atoms with van der Waals surface area (Å²) < 4.78 is 0.905. The van der Waals surface area contributed by atoms with Gasteiger partial charge in [0, 0.05) is 0 Å².